The van der Waals surface area contributed by atoms with Crippen molar-refractivity contribution in [3.8, 4) is 0 Å². The van der Waals surface area contributed by atoms with Crippen LogP contribution in [0.2, 0.25) is 0 Å². The molecule has 0 aromatic carbocycles. The van der Waals surface area contributed by atoms with Crippen LogP contribution in [-0.2, 0) is 13.0 Å². The quantitative estimate of drug-likeness (QED) is 0.833. The van der Waals surface area contributed by atoms with Gasteiger partial charge in [-0.15, -0.1) is 0 Å². The minimum atomic E-state index is 0.00548. The summed E-state index contributed by atoms with van der Waals surface area (Å²) in [6.45, 7) is 5.36. The molecule has 0 aliphatic heterocycles. The highest BCUT2D eigenvalue weighted by molar-refractivity contribution is 5.10. The van der Waals surface area contributed by atoms with Gasteiger partial charge in [0.2, 0.25) is 0 Å². The monoisotopic (exact) mass is 249 g/mol. The minimum Gasteiger partial charge on any atom is -0.325 e. The van der Waals surface area contributed by atoms with Gasteiger partial charge in [0, 0.05) is 18.3 Å². The Labute approximate surface area is 111 Å². The van der Waals surface area contributed by atoms with Crippen LogP contribution >= 0.6 is 0 Å². The number of nitrogens with two attached hydrogens (primary N) is 1. The molecule has 0 amide bonds. The summed E-state index contributed by atoms with van der Waals surface area (Å²) in [4.78, 5) is 0. The topological polar surface area (TPSA) is 43.8 Å². The van der Waals surface area contributed by atoms with Gasteiger partial charge in [0.1, 0.15) is 0 Å². The first-order chi connectivity index (χ1) is 8.65. The first-order valence-corrected chi connectivity index (χ1v) is 7.45. The SMILES string of the molecule is CCC1CCCC(N)(Cc2cnn(CC)c2)CC1. The molecular formula is C15H27N3. The van der Waals surface area contributed by atoms with Crippen LogP contribution in [0, 0.1) is 5.92 Å². The zero-order valence-corrected chi connectivity index (χ0v) is 11.9. The van der Waals surface area contributed by atoms with Crippen LogP contribution in [0.15, 0.2) is 12.4 Å². The lowest BCUT2D eigenvalue weighted by Gasteiger charge is -2.27. The molecule has 18 heavy (non-hydrogen) atoms. The van der Waals surface area contributed by atoms with Crippen LogP contribution in [0.25, 0.3) is 0 Å². The maximum Gasteiger partial charge on any atom is 0.0522 e. The molecule has 2 rings (SSSR count). The van der Waals surface area contributed by atoms with E-state index in [0.717, 1.165) is 18.9 Å². The fourth-order valence-electron chi connectivity index (χ4n) is 3.17. The summed E-state index contributed by atoms with van der Waals surface area (Å²) in [6, 6.07) is 0. The third kappa shape index (κ3) is 3.35. The van der Waals surface area contributed by atoms with E-state index in [2.05, 4.69) is 25.1 Å². The maximum absolute atomic E-state index is 6.62. The Bertz CT molecular complexity index is 372. The van der Waals surface area contributed by atoms with E-state index in [-0.39, 0.29) is 5.54 Å². The van der Waals surface area contributed by atoms with Crippen molar-refractivity contribution in [1.82, 2.24) is 9.78 Å². The molecule has 0 spiro atoms. The summed E-state index contributed by atoms with van der Waals surface area (Å²) in [5.41, 5.74) is 7.93. The van der Waals surface area contributed by atoms with Gasteiger partial charge in [-0.3, -0.25) is 4.68 Å². The van der Waals surface area contributed by atoms with Crippen molar-refractivity contribution in [2.45, 2.75) is 70.9 Å². The van der Waals surface area contributed by atoms with Crippen LogP contribution < -0.4 is 5.73 Å². The van der Waals surface area contributed by atoms with Crippen molar-refractivity contribution in [3.05, 3.63) is 18.0 Å². The van der Waals surface area contributed by atoms with Crippen LogP contribution in [0.4, 0.5) is 0 Å². The second kappa shape index (κ2) is 5.87. The molecule has 0 bridgehead atoms. The van der Waals surface area contributed by atoms with Crippen LogP contribution in [0.1, 0.15) is 57.9 Å². The molecule has 3 nitrogen and oxygen atoms in total. The largest absolute Gasteiger partial charge is 0.325 e. The van der Waals surface area contributed by atoms with Crippen molar-refractivity contribution in [1.29, 1.82) is 0 Å². The Morgan fingerprint density at radius 3 is 2.89 bits per heavy atom. The third-order valence-electron chi connectivity index (χ3n) is 4.48. The van der Waals surface area contributed by atoms with Crippen molar-refractivity contribution in [3.63, 3.8) is 0 Å². The van der Waals surface area contributed by atoms with Gasteiger partial charge in [0.15, 0.2) is 0 Å². The van der Waals surface area contributed by atoms with Gasteiger partial charge in [0.05, 0.1) is 6.20 Å². The summed E-state index contributed by atoms with van der Waals surface area (Å²) in [6.07, 6.45) is 12.7. The molecular weight excluding hydrogens is 222 g/mol. The molecule has 0 radical (unpaired) electrons. The summed E-state index contributed by atoms with van der Waals surface area (Å²) < 4.78 is 1.99. The van der Waals surface area contributed by atoms with E-state index in [1.807, 2.05) is 10.9 Å². The fraction of sp³-hybridized carbons (Fsp3) is 0.800. The van der Waals surface area contributed by atoms with Gasteiger partial charge >= 0.3 is 0 Å². The lowest BCUT2D eigenvalue weighted by atomic mass is 9.85. The molecule has 3 heteroatoms. The number of aromatic nitrogens is 2. The van der Waals surface area contributed by atoms with Gasteiger partial charge in [-0.2, -0.15) is 5.10 Å². The number of rotatable bonds is 4. The first kappa shape index (κ1) is 13.6. The molecule has 1 aliphatic carbocycles. The minimum absolute atomic E-state index is 0.00548. The van der Waals surface area contributed by atoms with Gasteiger partial charge in [-0.25, -0.2) is 0 Å². The van der Waals surface area contributed by atoms with Crippen molar-refractivity contribution in [2.75, 3.05) is 0 Å². The predicted molar refractivity (Wildman–Crippen MR) is 75.4 cm³/mol. The Kier molecular flexibility index (Phi) is 4.44. The Morgan fingerprint density at radius 2 is 2.22 bits per heavy atom. The Balaban J connectivity index is 1.98. The third-order valence-corrected chi connectivity index (χ3v) is 4.48. The highest BCUT2D eigenvalue weighted by atomic mass is 15.3. The zero-order valence-electron chi connectivity index (χ0n) is 11.9. The lowest BCUT2D eigenvalue weighted by molar-refractivity contribution is 0.358. The second-order valence-corrected chi connectivity index (χ2v) is 5.95. The zero-order chi connectivity index (χ0) is 13.0. The van der Waals surface area contributed by atoms with Crippen LogP contribution in [-0.4, -0.2) is 15.3 Å². The molecule has 1 aromatic heterocycles. The van der Waals surface area contributed by atoms with E-state index in [1.165, 1.54) is 44.1 Å². The Hall–Kier alpha value is -0.830. The highest BCUT2D eigenvalue weighted by Gasteiger charge is 2.29. The van der Waals surface area contributed by atoms with Crippen LogP contribution in [0.5, 0.6) is 0 Å². The normalized spacial score (nSPS) is 29.2. The molecule has 1 aromatic rings. The smallest absolute Gasteiger partial charge is 0.0522 e. The first-order valence-electron chi connectivity index (χ1n) is 7.45. The summed E-state index contributed by atoms with van der Waals surface area (Å²) in [7, 11) is 0. The number of aryl methyl sites for hydroxylation is 1. The maximum atomic E-state index is 6.62. The average molecular weight is 249 g/mol. The number of hydrogen-bond acceptors (Lipinski definition) is 2. The molecule has 1 fully saturated rings. The van der Waals surface area contributed by atoms with Crippen LogP contribution in [0.3, 0.4) is 0 Å². The molecule has 2 N–H and O–H groups in total. The average Bonchev–Trinajstić information content (AvgIpc) is 2.72. The van der Waals surface area contributed by atoms with E-state index in [9.17, 15) is 0 Å². The number of nitrogens with zero attached hydrogens (tertiary/aromatic N) is 2. The van der Waals surface area contributed by atoms with Gasteiger partial charge < -0.3 is 5.73 Å². The van der Waals surface area contributed by atoms with Crippen molar-refractivity contribution >= 4 is 0 Å². The number of hydrogen-bond donors (Lipinski definition) is 1. The molecule has 102 valence electrons. The summed E-state index contributed by atoms with van der Waals surface area (Å²) in [5.74, 6) is 0.897. The fourth-order valence-corrected chi connectivity index (χ4v) is 3.17. The van der Waals surface area contributed by atoms with E-state index in [0.29, 0.717) is 0 Å². The van der Waals surface area contributed by atoms with E-state index >= 15 is 0 Å². The second-order valence-electron chi connectivity index (χ2n) is 5.95. The van der Waals surface area contributed by atoms with E-state index in [1.54, 1.807) is 0 Å². The summed E-state index contributed by atoms with van der Waals surface area (Å²) in [5, 5.41) is 4.35. The standard InChI is InChI=1S/C15H27N3/c1-3-13-6-5-8-15(16,9-7-13)10-14-11-17-18(4-2)12-14/h11-13H,3-10,16H2,1-2H3. The molecule has 2 atom stereocenters. The predicted octanol–water partition coefficient (Wildman–Crippen LogP) is 3.13. The molecule has 1 heterocycles. The van der Waals surface area contributed by atoms with Crippen molar-refractivity contribution in [2.24, 2.45) is 11.7 Å². The van der Waals surface area contributed by atoms with Gasteiger partial charge in [-0.1, -0.05) is 26.2 Å². The molecule has 1 aliphatic rings. The summed E-state index contributed by atoms with van der Waals surface area (Å²) >= 11 is 0. The molecule has 2 unspecified atom stereocenters. The highest BCUT2D eigenvalue weighted by Crippen LogP contribution is 2.32. The van der Waals surface area contributed by atoms with Gasteiger partial charge in [-0.05, 0) is 44.1 Å². The van der Waals surface area contributed by atoms with E-state index in [4.69, 9.17) is 5.73 Å². The molecule has 0 saturated heterocycles. The van der Waals surface area contributed by atoms with Gasteiger partial charge in [0.25, 0.3) is 0 Å². The molecule has 1 saturated carbocycles. The van der Waals surface area contributed by atoms with E-state index < -0.39 is 0 Å². The Morgan fingerprint density at radius 1 is 1.39 bits per heavy atom. The lowest BCUT2D eigenvalue weighted by Crippen LogP contribution is -2.41. The van der Waals surface area contributed by atoms with Crippen molar-refractivity contribution < 1.29 is 0 Å².